The van der Waals surface area contributed by atoms with E-state index in [1.54, 1.807) is 22.8 Å². The van der Waals surface area contributed by atoms with Crippen LogP contribution in [0.4, 0.5) is 5.69 Å². The van der Waals surface area contributed by atoms with E-state index in [1.807, 2.05) is 13.8 Å². The Morgan fingerprint density at radius 1 is 1.09 bits per heavy atom. The number of hydrogen-bond acceptors (Lipinski definition) is 4. The Hall–Kier alpha value is -2.76. The van der Waals surface area contributed by atoms with E-state index in [2.05, 4.69) is 5.32 Å². The molecule has 0 atom stereocenters. The molecule has 1 aliphatic rings. The quantitative estimate of drug-likeness (QED) is 0.939. The molecular formula is C17H18N2O4. The lowest BCUT2D eigenvalue weighted by Gasteiger charge is -2.19. The average Bonchev–Trinajstić information content (AvgIpc) is 2.51. The van der Waals surface area contributed by atoms with Crippen LogP contribution in [-0.4, -0.2) is 23.7 Å². The normalized spacial score (nSPS) is 12.8. The van der Waals surface area contributed by atoms with Crippen molar-refractivity contribution in [2.75, 3.05) is 18.5 Å². The van der Waals surface area contributed by atoms with Crippen molar-refractivity contribution < 1.29 is 14.3 Å². The van der Waals surface area contributed by atoms with Crippen LogP contribution in [-0.2, 0) is 11.3 Å². The lowest BCUT2D eigenvalue weighted by molar-refractivity contribution is -0.116. The SMILES string of the molecule is Cc1cc(=O)cc(C)n1CC(=O)Nc1ccc2c(c1)OCCO2. The number of anilines is 1. The molecule has 6 nitrogen and oxygen atoms in total. The number of pyridine rings is 1. The minimum Gasteiger partial charge on any atom is -0.486 e. The number of nitrogens with one attached hydrogen (secondary N) is 1. The Bertz CT molecular complexity index is 784. The lowest BCUT2D eigenvalue weighted by atomic mass is 10.2. The van der Waals surface area contributed by atoms with E-state index in [0.717, 1.165) is 11.4 Å². The zero-order valence-corrected chi connectivity index (χ0v) is 13.1. The van der Waals surface area contributed by atoms with Gasteiger partial charge in [0.15, 0.2) is 16.9 Å². The van der Waals surface area contributed by atoms with Crippen molar-refractivity contribution >= 4 is 11.6 Å². The number of carbonyl (C=O) groups excluding carboxylic acids is 1. The summed E-state index contributed by atoms with van der Waals surface area (Å²) in [6.45, 7) is 4.80. The predicted octanol–water partition coefficient (Wildman–Crippen LogP) is 1.88. The molecule has 0 radical (unpaired) electrons. The molecule has 23 heavy (non-hydrogen) atoms. The van der Waals surface area contributed by atoms with Crippen molar-refractivity contribution in [3.8, 4) is 11.5 Å². The third-order valence-electron chi connectivity index (χ3n) is 3.68. The van der Waals surface area contributed by atoms with Crippen LogP contribution in [0.2, 0.25) is 0 Å². The molecule has 2 heterocycles. The molecular weight excluding hydrogens is 296 g/mol. The molecule has 120 valence electrons. The number of aryl methyl sites for hydroxylation is 2. The van der Waals surface area contributed by atoms with Gasteiger partial charge in [0.2, 0.25) is 5.91 Å². The molecule has 1 amide bonds. The van der Waals surface area contributed by atoms with Gasteiger partial charge in [0.05, 0.1) is 0 Å². The van der Waals surface area contributed by atoms with Crippen molar-refractivity contribution in [2.45, 2.75) is 20.4 Å². The molecule has 1 N–H and O–H groups in total. The minimum atomic E-state index is -0.170. The molecule has 0 fully saturated rings. The minimum absolute atomic E-state index is 0.0523. The average molecular weight is 314 g/mol. The number of carbonyl (C=O) groups is 1. The van der Waals surface area contributed by atoms with Crippen molar-refractivity contribution in [3.63, 3.8) is 0 Å². The highest BCUT2D eigenvalue weighted by atomic mass is 16.6. The van der Waals surface area contributed by atoms with Crippen LogP contribution in [0.3, 0.4) is 0 Å². The molecule has 0 saturated carbocycles. The van der Waals surface area contributed by atoms with E-state index in [-0.39, 0.29) is 17.9 Å². The van der Waals surface area contributed by atoms with E-state index < -0.39 is 0 Å². The van der Waals surface area contributed by atoms with Crippen LogP contribution >= 0.6 is 0 Å². The number of fused-ring (bicyclic) bond motifs is 1. The Kier molecular flexibility index (Phi) is 4.06. The van der Waals surface area contributed by atoms with E-state index in [0.29, 0.717) is 30.4 Å². The summed E-state index contributed by atoms with van der Waals surface area (Å²) in [5, 5.41) is 2.84. The second-order valence-electron chi connectivity index (χ2n) is 5.47. The zero-order valence-electron chi connectivity index (χ0n) is 13.1. The molecule has 6 heteroatoms. The fourth-order valence-electron chi connectivity index (χ4n) is 2.60. The van der Waals surface area contributed by atoms with Crippen LogP contribution in [0.1, 0.15) is 11.4 Å². The van der Waals surface area contributed by atoms with Crippen molar-refractivity contribution in [2.24, 2.45) is 0 Å². The number of rotatable bonds is 3. The topological polar surface area (TPSA) is 69.6 Å². The lowest BCUT2D eigenvalue weighted by Crippen LogP contribution is -2.23. The van der Waals surface area contributed by atoms with Crippen molar-refractivity contribution in [1.29, 1.82) is 0 Å². The molecule has 2 aromatic rings. The van der Waals surface area contributed by atoms with Crippen molar-refractivity contribution in [1.82, 2.24) is 4.57 Å². The number of amides is 1. The maximum absolute atomic E-state index is 12.3. The number of nitrogens with zero attached hydrogens (tertiary/aromatic N) is 1. The fourth-order valence-corrected chi connectivity index (χ4v) is 2.60. The van der Waals surface area contributed by atoms with Gasteiger partial charge < -0.3 is 19.4 Å². The zero-order chi connectivity index (χ0) is 16.4. The number of ether oxygens (including phenoxy) is 2. The summed E-state index contributed by atoms with van der Waals surface area (Å²) in [4.78, 5) is 23.7. The largest absolute Gasteiger partial charge is 0.486 e. The monoisotopic (exact) mass is 314 g/mol. The molecule has 0 saturated heterocycles. The molecule has 0 spiro atoms. The van der Waals surface area contributed by atoms with Crippen LogP contribution in [0, 0.1) is 13.8 Å². The highest BCUT2D eigenvalue weighted by molar-refractivity contribution is 5.91. The van der Waals surface area contributed by atoms with Gasteiger partial charge in [-0.05, 0) is 26.0 Å². The molecule has 3 rings (SSSR count). The highest BCUT2D eigenvalue weighted by Crippen LogP contribution is 2.32. The van der Waals surface area contributed by atoms with Gasteiger partial charge in [-0.15, -0.1) is 0 Å². The Morgan fingerprint density at radius 2 is 1.74 bits per heavy atom. The summed E-state index contributed by atoms with van der Waals surface area (Å²) >= 11 is 0. The molecule has 0 aliphatic carbocycles. The third-order valence-corrected chi connectivity index (χ3v) is 3.68. The molecule has 0 unspecified atom stereocenters. The van der Waals surface area contributed by atoms with E-state index >= 15 is 0 Å². The number of benzene rings is 1. The Morgan fingerprint density at radius 3 is 2.43 bits per heavy atom. The van der Waals surface area contributed by atoms with Gasteiger partial charge in [-0.25, -0.2) is 0 Å². The van der Waals surface area contributed by atoms with Crippen LogP contribution in [0.25, 0.3) is 0 Å². The second-order valence-corrected chi connectivity index (χ2v) is 5.47. The summed E-state index contributed by atoms with van der Waals surface area (Å²) in [6, 6.07) is 8.34. The van der Waals surface area contributed by atoms with E-state index in [9.17, 15) is 9.59 Å². The predicted molar refractivity (Wildman–Crippen MR) is 86.2 cm³/mol. The van der Waals surface area contributed by atoms with Crippen LogP contribution < -0.4 is 20.2 Å². The first kappa shape index (κ1) is 15.1. The van der Waals surface area contributed by atoms with Gasteiger partial charge in [0, 0.05) is 35.3 Å². The van der Waals surface area contributed by atoms with Gasteiger partial charge in [-0.3, -0.25) is 9.59 Å². The Balaban J connectivity index is 1.74. The fraction of sp³-hybridized carbons (Fsp3) is 0.294. The van der Waals surface area contributed by atoms with Gasteiger partial charge in [0.1, 0.15) is 19.8 Å². The van der Waals surface area contributed by atoms with Gasteiger partial charge in [-0.2, -0.15) is 0 Å². The Labute approximate surface area is 133 Å². The number of hydrogen-bond donors (Lipinski definition) is 1. The first-order chi connectivity index (χ1) is 11.0. The van der Waals surface area contributed by atoms with Gasteiger partial charge in [-0.1, -0.05) is 0 Å². The maximum atomic E-state index is 12.3. The van der Waals surface area contributed by atoms with Gasteiger partial charge >= 0.3 is 0 Å². The summed E-state index contributed by atoms with van der Waals surface area (Å²) in [5.74, 6) is 1.14. The highest BCUT2D eigenvalue weighted by Gasteiger charge is 2.13. The van der Waals surface area contributed by atoms with Crippen LogP contribution in [0.5, 0.6) is 11.5 Å². The molecule has 0 bridgehead atoms. The second kappa shape index (κ2) is 6.16. The van der Waals surface area contributed by atoms with E-state index in [4.69, 9.17) is 9.47 Å². The van der Waals surface area contributed by atoms with Gasteiger partial charge in [0.25, 0.3) is 0 Å². The summed E-state index contributed by atoms with van der Waals surface area (Å²) in [6.07, 6.45) is 0. The molecule has 1 aliphatic heterocycles. The molecule has 1 aromatic heterocycles. The first-order valence-corrected chi connectivity index (χ1v) is 7.40. The third kappa shape index (κ3) is 3.36. The summed E-state index contributed by atoms with van der Waals surface area (Å²) in [7, 11) is 0. The first-order valence-electron chi connectivity index (χ1n) is 7.40. The maximum Gasteiger partial charge on any atom is 0.244 e. The van der Waals surface area contributed by atoms with Crippen molar-refractivity contribution in [3.05, 3.63) is 51.9 Å². The summed E-state index contributed by atoms with van der Waals surface area (Å²) < 4.78 is 12.7. The van der Waals surface area contributed by atoms with E-state index in [1.165, 1.54) is 12.1 Å². The summed E-state index contributed by atoms with van der Waals surface area (Å²) in [5.41, 5.74) is 2.11. The number of aromatic nitrogens is 1. The van der Waals surface area contributed by atoms with Crippen LogP contribution in [0.15, 0.2) is 35.1 Å². The molecule has 1 aromatic carbocycles. The standard InChI is InChI=1S/C17H18N2O4/c1-11-7-14(20)8-12(2)19(11)10-17(21)18-13-3-4-15-16(9-13)23-6-5-22-15/h3-4,7-9H,5-6,10H2,1-2H3,(H,18,21). The smallest absolute Gasteiger partial charge is 0.244 e.